The molecule has 1 N–H and O–H groups in total. The topological polar surface area (TPSA) is 58.6 Å². The average Bonchev–Trinajstić information content (AvgIpc) is 3.02. The maximum atomic E-state index is 12.8. The van der Waals surface area contributed by atoms with Crippen molar-refractivity contribution in [3.8, 4) is 5.75 Å². The molecule has 144 valence electrons. The van der Waals surface area contributed by atoms with E-state index in [1.807, 2.05) is 65.8 Å². The Hall–Kier alpha value is -2.04. The molecular weight excluding hydrogens is 328 g/mol. The van der Waals surface area contributed by atoms with Gasteiger partial charge in [-0.15, -0.1) is 0 Å². The largest absolute Gasteiger partial charge is 0.491 e. The molecule has 0 spiro atoms. The van der Waals surface area contributed by atoms with Crippen LogP contribution in [0.3, 0.4) is 0 Å². The lowest BCUT2D eigenvalue weighted by Gasteiger charge is -2.31. The summed E-state index contributed by atoms with van der Waals surface area (Å²) >= 11 is 0. The number of benzene rings is 1. The highest BCUT2D eigenvalue weighted by molar-refractivity contribution is 5.90. The van der Waals surface area contributed by atoms with Crippen LogP contribution in [0.4, 0.5) is 0 Å². The normalized spacial score (nSPS) is 18.7. The van der Waals surface area contributed by atoms with Crippen LogP contribution in [0.25, 0.3) is 0 Å². The van der Waals surface area contributed by atoms with Crippen molar-refractivity contribution in [3.05, 3.63) is 29.8 Å². The molecule has 0 bridgehead atoms. The van der Waals surface area contributed by atoms with Gasteiger partial charge in [-0.2, -0.15) is 0 Å². The van der Waals surface area contributed by atoms with Gasteiger partial charge in [0, 0.05) is 12.0 Å². The number of amides is 2. The van der Waals surface area contributed by atoms with Crippen molar-refractivity contribution < 1.29 is 14.3 Å². The molecule has 0 saturated carbocycles. The molecule has 1 fully saturated rings. The molecule has 26 heavy (non-hydrogen) atoms. The Bertz CT molecular complexity index is 649. The van der Waals surface area contributed by atoms with E-state index < -0.39 is 5.41 Å². The molecule has 0 aromatic heterocycles. The fraction of sp³-hybridized carbons (Fsp3) is 0.619. The summed E-state index contributed by atoms with van der Waals surface area (Å²) in [5.41, 5.74) is 0.514. The number of rotatable bonds is 5. The van der Waals surface area contributed by atoms with Crippen LogP contribution in [0.15, 0.2) is 24.3 Å². The van der Waals surface area contributed by atoms with Crippen LogP contribution in [0.1, 0.15) is 66.0 Å². The summed E-state index contributed by atoms with van der Waals surface area (Å²) in [6.07, 6.45) is 1.69. The molecule has 5 nitrogen and oxygen atoms in total. The van der Waals surface area contributed by atoms with Crippen LogP contribution < -0.4 is 10.1 Å². The third-order valence-electron chi connectivity index (χ3n) is 4.55. The molecule has 2 atom stereocenters. The number of nitrogens with zero attached hydrogens (tertiary/aromatic N) is 1. The third-order valence-corrected chi connectivity index (χ3v) is 4.55. The van der Waals surface area contributed by atoms with E-state index in [1.165, 1.54) is 0 Å². The van der Waals surface area contributed by atoms with E-state index in [2.05, 4.69) is 5.32 Å². The summed E-state index contributed by atoms with van der Waals surface area (Å²) in [6.45, 7) is 12.3. The number of likely N-dealkylation sites (tertiary alicyclic amines) is 1. The molecule has 2 unspecified atom stereocenters. The molecule has 1 aliphatic heterocycles. The lowest BCUT2D eigenvalue weighted by molar-refractivity contribution is -0.144. The predicted octanol–water partition coefficient (Wildman–Crippen LogP) is 3.69. The quantitative estimate of drug-likeness (QED) is 0.871. The summed E-state index contributed by atoms with van der Waals surface area (Å²) in [4.78, 5) is 27.1. The van der Waals surface area contributed by atoms with Gasteiger partial charge in [0.1, 0.15) is 11.8 Å². The van der Waals surface area contributed by atoms with Crippen molar-refractivity contribution in [2.24, 2.45) is 5.41 Å². The SMILES string of the molecule is CC(C)Oc1cccc(C(C)NC(=O)C2CCCN2C(=O)C(C)(C)C)c1. The van der Waals surface area contributed by atoms with E-state index in [0.717, 1.165) is 24.2 Å². The maximum absolute atomic E-state index is 12.8. The van der Waals surface area contributed by atoms with Gasteiger partial charge in [0.2, 0.25) is 11.8 Å². The van der Waals surface area contributed by atoms with E-state index in [4.69, 9.17) is 4.74 Å². The first-order valence-electron chi connectivity index (χ1n) is 9.47. The maximum Gasteiger partial charge on any atom is 0.243 e. The van der Waals surface area contributed by atoms with Crippen molar-refractivity contribution in [1.82, 2.24) is 10.2 Å². The molecule has 5 heteroatoms. The molecule has 2 amide bonds. The Morgan fingerprint density at radius 2 is 1.92 bits per heavy atom. The lowest BCUT2D eigenvalue weighted by Crippen LogP contribution is -2.49. The van der Waals surface area contributed by atoms with Gasteiger partial charge in [0.25, 0.3) is 0 Å². The Morgan fingerprint density at radius 3 is 2.54 bits per heavy atom. The highest BCUT2D eigenvalue weighted by Gasteiger charge is 2.38. The lowest BCUT2D eigenvalue weighted by atomic mass is 9.94. The molecule has 1 aliphatic rings. The molecule has 1 aromatic rings. The second-order valence-electron chi connectivity index (χ2n) is 8.38. The van der Waals surface area contributed by atoms with Crippen LogP contribution in [0.5, 0.6) is 5.75 Å². The molecule has 0 radical (unpaired) electrons. The number of carbonyl (C=O) groups is 2. The fourth-order valence-electron chi connectivity index (χ4n) is 3.24. The molecule has 0 aliphatic carbocycles. The molecular formula is C21H32N2O3. The van der Waals surface area contributed by atoms with E-state index in [-0.39, 0.29) is 30.0 Å². The highest BCUT2D eigenvalue weighted by Crippen LogP contribution is 2.26. The monoisotopic (exact) mass is 360 g/mol. The average molecular weight is 360 g/mol. The molecule has 1 aromatic carbocycles. The van der Waals surface area contributed by atoms with Gasteiger partial charge < -0.3 is 15.0 Å². The van der Waals surface area contributed by atoms with Crippen molar-refractivity contribution in [1.29, 1.82) is 0 Å². The summed E-state index contributed by atoms with van der Waals surface area (Å²) in [5, 5.41) is 3.07. The van der Waals surface area contributed by atoms with Crippen molar-refractivity contribution in [2.45, 2.75) is 72.6 Å². The first-order valence-corrected chi connectivity index (χ1v) is 9.47. The highest BCUT2D eigenvalue weighted by atomic mass is 16.5. The number of hydrogen-bond donors (Lipinski definition) is 1. The van der Waals surface area contributed by atoms with Gasteiger partial charge >= 0.3 is 0 Å². The Kier molecular flexibility index (Phi) is 6.32. The smallest absolute Gasteiger partial charge is 0.243 e. The van der Waals surface area contributed by atoms with Crippen LogP contribution in [-0.4, -0.2) is 35.4 Å². The zero-order chi connectivity index (χ0) is 19.5. The van der Waals surface area contributed by atoms with Crippen molar-refractivity contribution in [2.75, 3.05) is 6.54 Å². The predicted molar refractivity (Wildman–Crippen MR) is 103 cm³/mol. The summed E-state index contributed by atoms with van der Waals surface area (Å²) in [7, 11) is 0. The van der Waals surface area contributed by atoms with E-state index in [1.54, 1.807) is 4.90 Å². The minimum absolute atomic E-state index is 0.0372. The first kappa shape index (κ1) is 20.3. The Labute approximate surface area is 157 Å². The van der Waals surface area contributed by atoms with Gasteiger partial charge in [0.15, 0.2) is 0 Å². The van der Waals surface area contributed by atoms with Gasteiger partial charge in [-0.1, -0.05) is 32.9 Å². The summed E-state index contributed by atoms with van der Waals surface area (Å²) in [5.74, 6) is 0.752. The minimum Gasteiger partial charge on any atom is -0.491 e. The zero-order valence-electron chi connectivity index (χ0n) is 16.8. The molecule has 1 heterocycles. The second kappa shape index (κ2) is 8.11. The summed E-state index contributed by atoms with van der Waals surface area (Å²) < 4.78 is 5.73. The van der Waals surface area contributed by atoms with Crippen LogP contribution in [0, 0.1) is 5.41 Å². The van der Waals surface area contributed by atoms with Gasteiger partial charge in [-0.3, -0.25) is 9.59 Å². The first-order chi connectivity index (χ1) is 12.1. The van der Waals surface area contributed by atoms with E-state index >= 15 is 0 Å². The number of nitrogens with one attached hydrogen (secondary N) is 1. The minimum atomic E-state index is -0.475. The molecule has 1 saturated heterocycles. The zero-order valence-corrected chi connectivity index (χ0v) is 16.8. The van der Waals surface area contributed by atoms with Crippen molar-refractivity contribution in [3.63, 3.8) is 0 Å². The van der Waals surface area contributed by atoms with Gasteiger partial charge in [-0.25, -0.2) is 0 Å². The van der Waals surface area contributed by atoms with Crippen LogP contribution in [-0.2, 0) is 9.59 Å². The summed E-state index contributed by atoms with van der Waals surface area (Å²) in [6, 6.07) is 7.26. The van der Waals surface area contributed by atoms with Crippen molar-refractivity contribution >= 4 is 11.8 Å². The third kappa shape index (κ3) is 4.99. The number of hydrogen-bond acceptors (Lipinski definition) is 3. The Balaban J connectivity index is 2.05. The Morgan fingerprint density at radius 1 is 1.23 bits per heavy atom. The molecule has 2 rings (SSSR count). The second-order valence-corrected chi connectivity index (χ2v) is 8.38. The van der Waals surface area contributed by atoms with Gasteiger partial charge in [-0.05, 0) is 51.3 Å². The van der Waals surface area contributed by atoms with Gasteiger partial charge in [0.05, 0.1) is 12.1 Å². The van der Waals surface area contributed by atoms with E-state index in [9.17, 15) is 9.59 Å². The van der Waals surface area contributed by atoms with Crippen LogP contribution >= 0.6 is 0 Å². The fourth-order valence-corrected chi connectivity index (χ4v) is 3.24. The standard InChI is InChI=1S/C21H32N2O3/c1-14(2)26-17-10-7-9-16(13-17)15(3)22-19(24)18-11-8-12-23(18)20(25)21(4,5)6/h7,9-10,13-15,18H,8,11-12H2,1-6H3,(H,22,24). The van der Waals surface area contributed by atoms with Crippen LogP contribution in [0.2, 0.25) is 0 Å². The van der Waals surface area contributed by atoms with E-state index in [0.29, 0.717) is 6.54 Å². The number of ether oxygens (including phenoxy) is 1. The number of carbonyl (C=O) groups excluding carboxylic acids is 2.